The smallest absolute Gasteiger partial charge is 0.231 e. The monoisotopic (exact) mass is 253 g/mol. The average Bonchev–Trinajstić information content (AvgIpc) is 2.88. The second-order valence-corrected chi connectivity index (χ2v) is 4.27. The molecule has 94 valence electrons. The molecule has 0 spiro atoms. The number of nitrogens with zero attached hydrogens (tertiary/aromatic N) is 3. The first kappa shape index (κ1) is 11.5. The van der Waals surface area contributed by atoms with Crippen LogP contribution in [0.4, 0.5) is 0 Å². The number of rotatable bonds is 2. The molecule has 1 aromatic carbocycles. The van der Waals surface area contributed by atoms with Crippen LogP contribution in [0.25, 0.3) is 0 Å². The van der Waals surface area contributed by atoms with E-state index in [0.717, 1.165) is 16.9 Å². The summed E-state index contributed by atoms with van der Waals surface area (Å²) in [5.41, 5.74) is 2.47. The van der Waals surface area contributed by atoms with Gasteiger partial charge >= 0.3 is 0 Å². The van der Waals surface area contributed by atoms with Gasteiger partial charge < -0.3 is 9.47 Å². The third-order valence-corrected chi connectivity index (χ3v) is 3.09. The van der Waals surface area contributed by atoms with Gasteiger partial charge in [-0.15, -0.1) is 0 Å². The van der Waals surface area contributed by atoms with Gasteiger partial charge in [0.05, 0.1) is 11.8 Å². The zero-order valence-electron chi connectivity index (χ0n) is 10.3. The number of hydrogen-bond acceptors (Lipinski definition) is 5. The Labute approximate surface area is 110 Å². The van der Waals surface area contributed by atoms with Crippen molar-refractivity contribution >= 4 is 0 Å². The lowest BCUT2D eigenvalue weighted by atomic mass is 9.92. The van der Waals surface area contributed by atoms with Gasteiger partial charge in [-0.05, 0) is 42.3 Å². The van der Waals surface area contributed by atoms with Crippen LogP contribution in [0.5, 0.6) is 11.5 Å². The molecule has 0 N–H and O–H groups in total. The summed E-state index contributed by atoms with van der Waals surface area (Å²) in [5, 5.41) is 17.3. The molecule has 2 heterocycles. The molecule has 0 aliphatic carbocycles. The van der Waals surface area contributed by atoms with Gasteiger partial charge in [-0.25, -0.2) is 0 Å². The Kier molecular flexibility index (Phi) is 2.76. The van der Waals surface area contributed by atoms with E-state index in [2.05, 4.69) is 16.3 Å². The molecule has 0 radical (unpaired) electrons. The topological polar surface area (TPSA) is 68.0 Å². The molecule has 1 unspecified atom stereocenters. The quantitative estimate of drug-likeness (QED) is 0.820. The maximum atomic E-state index is 9.42. The molecule has 3 rings (SSSR count). The normalized spacial score (nSPS) is 13.9. The van der Waals surface area contributed by atoms with Gasteiger partial charge in [0.25, 0.3) is 0 Å². The van der Waals surface area contributed by atoms with Crippen molar-refractivity contribution in [3.8, 4) is 17.6 Å². The molecule has 5 heteroatoms. The number of aryl methyl sites for hydroxylation is 1. The molecule has 1 aromatic heterocycles. The first-order chi connectivity index (χ1) is 9.29. The van der Waals surface area contributed by atoms with Crippen LogP contribution in [0.1, 0.15) is 22.7 Å². The first-order valence-corrected chi connectivity index (χ1v) is 5.87. The number of aromatic nitrogens is 2. The minimum Gasteiger partial charge on any atom is -0.454 e. The van der Waals surface area contributed by atoms with E-state index >= 15 is 0 Å². The van der Waals surface area contributed by atoms with Crippen molar-refractivity contribution in [3.05, 3.63) is 47.3 Å². The van der Waals surface area contributed by atoms with Crippen molar-refractivity contribution in [2.45, 2.75) is 12.8 Å². The van der Waals surface area contributed by atoms with Crippen molar-refractivity contribution in [1.82, 2.24) is 10.2 Å². The summed E-state index contributed by atoms with van der Waals surface area (Å²) in [6, 6.07) is 9.57. The summed E-state index contributed by atoms with van der Waals surface area (Å²) >= 11 is 0. The Morgan fingerprint density at radius 2 is 2.11 bits per heavy atom. The van der Waals surface area contributed by atoms with E-state index in [1.165, 1.54) is 0 Å². The Hall–Kier alpha value is -2.61. The van der Waals surface area contributed by atoms with E-state index in [0.29, 0.717) is 11.4 Å². The molecule has 1 aliphatic rings. The van der Waals surface area contributed by atoms with Crippen LogP contribution in [-0.2, 0) is 0 Å². The predicted octanol–water partition coefficient (Wildman–Crippen LogP) is 2.17. The van der Waals surface area contributed by atoms with E-state index in [1.54, 1.807) is 18.3 Å². The highest BCUT2D eigenvalue weighted by molar-refractivity contribution is 5.52. The lowest BCUT2D eigenvalue weighted by molar-refractivity contribution is 0.174. The van der Waals surface area contributed by atoms with Crippen molar-refractivity contribution in [1.29, 1.82) is 5.26 Å². The van der Waals surface area contributed by atoms with Crippen LogP contribution >= 0.6 is 0 Å². The van der Waals surface area contributed by atoms with Gasteiger partial charge in [-0.1, -0.05) is 0 Å². The number of ether oxygens (including phenoxy) is 2. The molecule has 5 nitrogen and oxygen atoms in total. The highest BCUT2D eigenvalue weighted by Crippen LogP contribution is 2.38. The third kappa shape index (κ3) is 1.97. The standard InChI is InChI=1S/C14H11N3O2/c1-9-5-13-14(19-8-18-13)6-10(9)11(7-15)12-3-2-4-16-17-12/h2-6,11H,8H2,1H3. The first-order valence-electron chi connectivity index (χ1n) is 5.87. The second kappa shape index (κ2) is 4.58. The SMILES string of the molecule is Cc1cc2c(cc1C(C#N)c1cccnn1)OCO2. The van der Waals surface area contributed by atoms with E-state index in [-0.39, 0.29) is 6.79 Å². The Morgan fingerprint density at radius 1 is 1.32 bits per heavy atom. The van der Waals surface area contributed by atoms with Crippen LogP contribution < -0.4 is 9.47 Å². The molecular weight excluding hydrogens is 242 g/mol. The number of hydrogen-bond donors (Lipinski definition) is 0. The van der Waals surface area contributed by atoms with Crippen LogP contribution in [0.3, 0.4) is 0 Å². The number of nitriles is 1. The van der Waals surface area contributed by atoms with Crippen molar-refractivity contribution in [3.63, 3.8) is 0 Å². The average molecular weight is 253 g/mol. The molecule has 1 atom stereocenters. The summed E-state index contributed by atoms with van der Waals surface area (Å²) in [4.78, 5) is 0. The predicted molar refractivity (Wildman–Crippen MR) is 66.8 cm³/mol. The summed E-state index contributed by atoms with van der Waals surface area (Å²) in [6.45, 7) is 2.17. The Morgan fingerprint density at radius 3 is 2.79 bits per heavy atom. The van der Waals surface area contributed by atoms with Crippen LogP contribution in [-0.4, -0.2) is 17.0 Å². The van der Waals surface area contributed by atoms with Gasteiger partial charge in [-0.2, -0.15) is 15.5 Å². The minimum atomic E-state index is -0.455. The van der Waals surface area contributed by atoms with Gasteiger partial charge in [0, 0.05) is 6.20 Å². The lowest BCUT2D eigenvalue weighted by Gasteiger charge is -2.12. The van der Waals surface area contributed by atoms with E-state index in [4.69, 9.17) is 9.47 Å². The third-order valence-electron chi connectivity index (χ3n) is 3.09. The van der Waals surface area contributed by atoms with Gasteiger partial charge in [0.2, 0.25) is 6.79 Å². The molecule has 0 amide bonds. The molecule has 19 heavy (non-hydrogen) atoms. The zero-order valence-corrected chi connectivity index (χ0v) is 10.3. The molecule has 0 bridgehead atoms. The maximum Gasteiger partial charge on any atom is 0.231 e. The van der Waals surface area contributed by atoms with Crippen LogP contribution in [0, 0.1) is 18.3 Å². The lowest BCUT2D eigenvalue weighted by Crippen LogP contribution is -2.04. The summed E-state index contributed by atoms with van der Waals surface area (Å²) in [7, 11) is 0. The highest BCUT2D eigenvalue weighted by atomic mass is 16.7. The molecule has 0 fully saturated rings. The second-order valence-electron chi connectivity index (χ2n) is 4.27. The van der Waals surface area contributed by atoms with E-state index in [9.17, 15) is 5.26 Å². The fourth-order valence-corrected chi connectivity index (χ4v) is 2.13. The Bertz CT molecular complexity index is 650. The van der Waals surface area contributed by atoms with Gasteiger partial charge in [0.15, 0.2) is 11.5 Å². The summed E-state index contributed by atoms with van der Waals surface area (Å²) in [6.07, 6.45) is 1.59. The van der Waals surface area contributed by atoms with Crippen molar-refractivity contribution in [2.75, 3.05) is 6.79 Å². The van der Waals surface area contributed by atoms with E-state index < -0.39 is 5.92 Å². The van der Waals surface area contributed by atoms with Crippen LogP contribution in [0.15, 0.2) is 30.5 Å². The fourth-order valence-electron chi connectivity index (χ4n) is 2.13. The molecular formula is C14H11N3O2. The zero-order chi connectivity index (χ0) is 13.2. The molecule has 1 aliphatic heterocycles. The van der Waals surface area contributed by atoms with Gasteiger partial charge in [0.1, 0.15) is 5.92 Å². The molecule has 0 saturated carbocycles. The van der Waals surface area contributed by atoms with Crippen molar-refractivity contribution in [2.24, 2.45) is 0 Å². The highest BCUT2D eigenvalue weighted by Gasteiger charge is 2.22. The summed E-state index contributed by atoms with van der Waals surface area (Å²) in [5.74, 6) is 0.935. The maximum absolute atomic E-state index is 9.42. The Balaban J connectivity index is 2.08. The molecule has 2 aromatic rings. The number of benzene rings is 1. The van der Waals surface area contributed by atoms with Crippen molar-refractivity contribution < 1.29 is 9.47 Å². The minimum absolute atomic E-state index is 0.223. The summed E-state index contributed by atoms with van der Waals surface area (Å²) < 4.78 is 10.7. The molecule has 0 saturated heterocycles. The van der Waals surface area contributed by atoms with E-state index in [1.807, 2.05) is 19.1 Å². The largest absolute Gasteiger partial charge is 0.454 e. The van der Waals surface area contributed by atoms with Gasteiger partial charge in [-0.3, -0.25) is 0 Å². The number of fused-ring (bicyclic) bond motifs is 1. The van der Waals surface area contributed by atoms with Crippen LogP contribution in [0.2, 0.25) is 0 Å². The fraction of sp³-hybridized carbons (Fsp3) is 0.214.